The second-order valence-corrected chi connectivity index (χ2v) is 5.06. The van der Waals surface area contributed by atoms with Crippen LogP contribution in [-0.2, 0) is 0 Å². The first kappa shape index (κ1) is 13.4. The van der Waals surface area contributed by atoms with Crippen LogP contribution in [0.25, 0.3) is 22.3 Å². The number of hydrogen-bond acceptors (Lipinski definition) is 1. The topological polar surface area (TPSA) is 9.23 Å². The van der Waals surface area contributed by atoms with E-state index in [4.69, 9.17) is 4.74 Å². The van der Waals surface area contributed by atoms with Crippen molar-refractivity contribution < 1.29 is 4.74 Å². The van der Waals surface area contributed by atoms with Crippen molar-refractivity contribution in [2.75, 3.05) is 7.11 Å². The molecule has 1 nitrogen and oxygen atoms in total. The maximum Gasteiger partial charge on any atom is 0.126 e. The number of ether oxygens (including phenoxy) is 1. The fraction of sp³-hybridized carbons (Fsp3) is 0.100. The normalized spacial score (nSPS) is 10.4. The molecule has 0 amide bonds. The number of methoxy groups -OCH3 is 1. The molecule has 0 aliphatic carbocycles. The van der Waals surface area contributed by atoms with Crippen LogP contribution in [0, 0.1) is 6.92 Å². The summed E-state index contributed by atoms with van der Waals surface area (Å²) in [5, 5.41) is 0. The molecule has 0 aliphatic rings. The van der Waals surface area contributed by atoms with E-state index in [1.54, 1.807) is 7.11 Å². The summed E-state index contributed by atoms with van der Waals surface area (Å²) >= 11 is 0. The molecule has 3 rings (SSSR count). The Kier molecular flexibility index (Phi) is 3.74. The Bertz CT molecular complexity index is 745. The van der Waals surface area contributed by atoms with Crippen LogP contribution in [0.4, 0.5) is 0 Å². The second-order valence-electron chi connectivity index (χ2n) is 5.06. The van der Waals surface area contributed by atoms with Crippen LogP contribution < -0.4 is 4.74 Å². The van der Waals surface area contributed by atoms with Gasteiger partial charge in [-0.05, 0) is 35.2 Å². The van der Waals surface area contributed by atoms with Crippen molar-refractivity contribution in [3.63, 3.8) is 0 Å². The third-order valence-electron chi connectivity index (χ3n) is 3.74. The van der Waals surface area contributed by atoms with Gasteiger partial charge in [-0.3, -0.25) is 0 Å². The van der Waals surface area contributed by atoms with Gasteiger partial charge in [0, 0.05) is 5.56 Å². The predicted octanol–water partition coefficient (Wildman–Crippen LogP) is 5.34. The smallest absolute Gasteiger partial charge is 0.126 e. The molecule has 3 aromatic carbocycles. The Balaban J connectivity index is 2.26. The zero-order valence-electron chi connectivity index (χ0n) is 12.3. The van der Waals surface area contributed by atoms with Gasteiger partial charge in [-0.15, -0.1) is 0 Å². The van der Waals surface area contributed by atoms with E-state index in [0.717, 1.165) is 5.75 Å². The average molecular weight is 274 g/mol. The maximum atomic E-state index is 5.57. The SMILES string of the molecule is COc1cccc(C)c1-c1ccccc1-c1ccccc1. The standard InChI is InChI=1S/C20H18O/c1-15-9-8-14-19(21-2)20(15)18-13-7-6-12-17(18)16-10-4-3-5-11-16/h3-14H,1-2H3. The number of hydrogen-bond donors (Lipinski definition) is 0. The van der Waals surface area contributed by atoms with E-state index in [9.17, 15) is 0 Å². The van der Waals surface area contributed by atoms with Crippen molar-refractivity contribution in [1.82, 2.24) is 0 Å². The van der Waals surface area contributed by atoms with Gasteiger partial charge in [0.15, 0.2) is 0 Å². The van der Waals surface area contributed by atoms with Gasteiger partial charge in [0.1, 0.15) is 5.75 Å². The minimum atomic E-state index is 0.915. The summed E-state index contributed by atoms with van der Waals surface area (Å²) in [4.78, 5) is 0. The quantitative estimate of drug-likeness (QED) is 0.626. The Morgan fingerprint density at radius 2 is 1.33 bits per heavy atom. The Morgan fingerprint density at radius 1 is 0.667 bits per heavy atom. The van der Waals surface area contributed by atoms with Gasteiger partial charge in [0.05, 0.1) is 7.11 Å². The summed E-state index contributed by atoms with van der Waals surface area (Å²) in [6.07, 6.45) is 0. The van der Waals surface area contributed by atoms with Gasteiger partial charge >= 0.3 is 0 Å². The highest BCUT2D eigenvalue weighted by atomic mass is 16.5. The van der Waals surface area contributed by atoms with Crippen LogP contribution in [-0.4, -0.2) is 7.11 Å². The summed E-state index contributed by atoms with van der Waals surface area (Å²) in [5.74, 6) is 0.915. The lowest BCUT2D eigenvalue weighted by atomic mass is 9.91. The van der Waals surface area contributed by atoms with E-state index >= 15 is 0 Å². The first-order chi connectivity index (χ1) is 10.3. The van der Waals surface area contributed by atoms with Gasteiger partial charge in [0.25, 0.3) is 0 Å². The highest BCUT2D eigenvalue weighted by Gasteiger charge is 2.13. The van der Waals surface area contributed by atoms with Crippen molar-refractivity contribution in [3.8, 4) is 28.0 Å². The highest BCUT2D eigenvalue weighted by Crippen LogP contribution is 2.39. The third kappa shape index (κ3) is 2.55. The summed E-state index contributed by atoms with van der Waals surface area (Å²) in [6, 6.07) is 25.1. The predicted molar refractivity (Wildman–Crippen MR) is 88.6 cm³/mol. The summed E-state index contributed by atoms with van der Waals surface area (Å²) < 4.78 is 5.57. The monoisotopic (exact) mass is 274 g/mol. The molecule has 0 aromatic heterocycles. The molecule has 0 spiro atoms. The largest absolute Gasteiger partial charge is 0.496 e. The highest BCUT2D eigenvalue weighted by molar-refractivity contribution is 5.87. The zero-order chi connectivity index (χ0) is 14.7. The Hall–Kier alpha value is -2.54. The minimum absolute atomic E-state index is 0.915. The molecule has 0 N–H and O–H groups in total. The average Bonchev–Trinajstić information content (AvgIpc) is 2.55. The molecule has 0 saturated carbocycles. The molecule has 0 atom stereocenters. The second kappa shape index (κ2) is 5.84. The van der Waals surface area contributed by atoms with E-state index in [0.29, 0.717) is 0 Å². The van der Waals surface area contributed by atoms with Crippen molar-refractivity contribution in [2.45, 2.75) is 6.92 Å². The lowest BCUT2D eigenvalue weighted by Gasteiger charge is -2.15. The fourth-order valence-electron chi connectivity index (χ4n) is 2.73. The molecular formula is C20H18O. The molecule has 0 aliphatic heterocycles. The summed E-state index contributed by atoms with van der Waals surface area (Å²) in [7, 11) is 1.73. The molecule has 3 aromatic rings. The van der Waals surface area contributed by atoms with Crippen molar-refractivity contribution in [3.05, 3.63) is 78.4 Å². The third-order valence-corrected chi connectivity index (χ3v) is 3.74. The van der Waals surface area contributed by atoms with E-state index < -0.39 is 0 Å². The lowest BCUT2D eigenvalue weighted by Crippen LogP contribution is -1.93. The van der Waals surface area contributed by atoms with Crippen LogP contribution in [0.1, 0.15) is 5.56 Å². The van der Waals surface area contributed by atoms with E-state index in [1.807, 2.05) is 18.2 Å². The van der Waals surface area contributed by atoms with Crippen molar-refractivity contribution in [1.29, 1.82) is 0 Å². The van der Waals surface area contributed by atoms with Gasteiger partial charge in [-0.2, -0.15) is 0 Å². The molecule has 0 unspecified atom stereocenters. The number of aryl methyl sites for hydroxylation is 1. The van der Waals surface area contributed by atoms with Gasteiger partial charge in [0.2, 0.25) is 0 Å². The molecule has 0 heterocycles. The number of rotatable bonds is 3. The molecule has 0 radical (unpaired) electrons. The van der Waals surface area contributed by atoms with Gasteiger partial charge in [-0.1, -0.05) is 66.7 Å². The Morgan fingerprint density at radius 3 is 2.05 bits per heavy atom. The molecule has 1 heteroatoms. The molecule has 0 bridgehead atoms. The zero-order valence-corrected chi connectivity index (χ0v) is 12.3. The van der Waals surface area contributed by atoms with Crippen LogP contribution in [0.15, 0.2) is 72.8 Å². The number of benzene rings is 3. The maximum absolute atomic E-state index is 5.57. The van der Waals surface area contributed by atoms with Gasteiger partial charge < -0.3 is 4.74 Å². The van der Waals surface area contributed by atoms with E-state index in [-0.39, 0.29) is 0 Å². The lowest BCUT2D eigenvalue weighted by molar-refractivity contribution is 0.416. The van der Waals surface area contributed by atoms with Crippen molar-refractivity contribution in [2.24, 2.45) is 0 Å². The molecule has 0 saturated heterocycles. The minimum Gasteiger partial charge on any atom is -0.496 e. The molecule has 0 fully saturated rings. The van der Waals surface area contributed by atoms with Gasteiger partial charge in [-0.25, -0.2) is 0 Å². The molecule has 104 valence electrons. The first-order valence-corrected chi connectivity index (χ1v) is 7.09. The first-order valence-electron chi connectivity index (χ1n) is 7.09. The Labute approximate surface area is 125 Å². The fourth-order valence-corrected chi connectivity index (χ4v) is 2.73. The van der Waals surface area contributed by atoms with Crippen LogP contribution in [0.2, 0.25) is 0 Å². The van der Waals surface area contributed by atoms with Crippen LogP contribution in [0.5, 0.6) is 5.75 Å². The molecular weight excluding hydrogens is 256 g/mol. The van der Waals surface area contributed by atoms with Crippen LogP contribution >= 0.6 is 0 Å². The van der Waals surface area contributed by atoms with Crippen LogP contribution in [0.3, 0.4) is 0 Å². The molecule has 21 heavy (non-hydrogen) atoms. The van der Waals surface area contributed by atoms with E-state index in [1.165, 1.54) is 27.8 Å². The van der Waals surface area contributed by atoms with Crippen molar-refractivity contribution >= 4 is 0 Å². The summed E-state index contributed by atoms with van der Waals surface area (Å²) in [6.45, 7) is 2.12. The van der Waals surface area contributed by atoms with E-state index in [2.05, 4.69) is 61.5 Å². The summed E-state index contributed by atoms with van der Waals surface area (Å²) in [5.41, 5.74) is 6.04.